The highest BCUT2D eigenvalue weighted by molar-refractivity contribution is 14.0. The van der Waals surface area contributed by atoms with Gasteiger partial charge in [0, 0.05) is 61.1 Å². The Bertz CT molecular complexity index is 566. The van der Waals surface area contributed by atoms with E-state index in [1.165, 1.54) is 0 Å². The number of aliphatic hydroxyl groups is 1. The van der Waals surface area contributed by atoms with Gasteiger partial charge in [-0.05, 0) is 18.4 Å². The number of benzene rings is 1. The number of guanidine groups is 1. The highest BCUT2D eigenvalue weighted by Crippen LogP contribution is 2.31. The maximum Gasteiger partial charge on any atom is 0.191 e. The number of nitrogens with one attached hydrogen (secondary N) is 2. The predicted molar refractivity (Wildman–Crippen MR) is 118 cm³/mol. The van der Waals surface area contributed by atoms with Crippen LogP contribution in [0.4, 0.5) is 0 Å². The quantitative estimate of drug-likeness (QED) is 0.275. The van der Waals surface area contributed by atoms with Gasteiger partial charge in [0.2, 0.25) is 0 Å². The maximum atomic E-state index is 12.2. The standard InChI is InChI=1S/C18H29N3O3S.HI/c1-19-17(21-14-18(7-10-22)8-11-24-15-18)20-9-12-25(23)13-16-5-3-2-4-6-16;/h2-6,22H,7-15H2,1H3,(H2,19,20,21);1H. The minimum absolute atomic E-state index is 0. The summed E-state index contributed by atoms with van der Waals surface area (Å²) in [5, 5.41) is 15.8. The number of hydrogen-bond donors (Lipinski definition) is 3. The van der Waals surface area contributed by atoms with Crippen LogP contribution in [0.2, 0.25) is 0 Å². The second-order valence-corrected chi connectivity index (χ2v) is 7.98. The van der Waals surface area contributed by atoms with Crippen molar-refractivity contribution in [2.75, 3.05) is 45.7 Å². The molecule has 1 aliphatic rings. The second kappa shape index (κ2) is 12.6. The van der Waals surface area contributed by atoms with E-state index < -0.39 is 10.8 Å². The zero-order valence-corrected chi connectivity index (χ0v) is 18.4. The van der Waals surface area contributed by atoms with Gasteiger partial charge in [-0.3, -0.25) is 9.20 Å². The fourth-order valence-corrected chi connectivity index (χ4v) is 3.96. The number of hydrogen-bond acceptors (Lipinski definition) is 4. The molecular formula is C18H30IN3O3S. The van der Waals surface area contributed by atoms with Gasteiger partial charge >= 0.3 is 0 Å². The number of ether oxygens (including phenoxy) is 1. The van der Waals surface area contributed by atoms with Gasteiger partial charge in [-0.25, -0.2) is 0 Å². The van der Waals surface area contributed by atoms with E-state index in [9.17, 15) is 9.32 Å². The molecule has 0 amide bonds. The van der Waals surface area contributed by atoms with E-state index in [2.05, 4.69) is 15.6 Å². The van der Waals surface area contributed by atoms with Crippen LogP contribution in [0.5, 0.6) is 0 Å². The summed E-state index contributed by atoms with van der Waals surface area (Å²) in [5.41, 5.74) is 1.07. The molecule has 8 heteroatoms. The van der Waals surface area contributed by atoms with E-state index in [1.54, 1.807) is 7.05 Å². The number of nitrogens with zero attached hydrogens (tertiary/aromatic N) is 1. The summed E-state index contributed by atoms with van der Waals surface area (Å²) in [6.45, 7) is 2.88. The van der Waals surface area contributed by atoms with Gasteiger partial charge in [0.25, 0.3) is 0 Å². The Morgan fingerprint density at radius 2 is 2.12 bits per heavy atom. The molecule has 1 aromatic rings. The lowest BCUT2D eigenvalue weighted by Gasteiger charge is -2.27. The fourth-order valence-electron chi connectivity index (χ4n) is 2.92. The van der Waals surface area contributed by atoms with Crippen LogP contribution in [0.1, 0.15) is 18.4 Å². The first-order chi connectivity index (χ1) is 12.2. The van der Waals surface area contributed by atoms with Crippen LogP contribution < -0.4 is 10.6 Å². The molecule has 148 valence electrons. The summed E-state index contributed by atoms with van der Waals surface area (Å²) in [6, 6.07) is 9.88. The molecule has 0 spiro atoms. The van der Waals surface area contributed by atoms with Crippen molar-refractivity contribution < 1.29 is 14.1 Å². The normalized spacial score (nSPS) is 21.1. The third-order valence-corrected chi connectivity index (χ3v) is 5.79. The molecule has 1 fully saturated rings. The number of aliphatic hydroxyl groups excluding tert-OH is 1. The third kappa shape index (κ3) is 7.89. The largest absolute Gasteiger partial charge is 0.396 e. The van der Waals surface area contributed by atoms with Crippen LogP contribution in [-0.4, -0.2) is 61.0 Å². The average Bonchev–Trinajstić information content (AvgIpc) is 3.08. The summed E-state index contributed by atoms with van der Waals surface area (Å²) in [5.74, 6) is 1.84. The third-order valence-electron chi connectivity index (χ3n) is 4.47. The number of halogens is 1. The molecule has 2 unspecified atom stereocenters. The van der Waals surface area contributed by atoms with Gasteiger partial charge in [0.15, 0.2) is 5.96 Å². The highest BCUT2D eigenvalue weighted by Gasteiger charge is 2.34. The van der Waals surface area contributed by atoms with Crippen molar-refractivity contribution in [1.82, 2.24) is 10.6 Å². The first kappa shape index (κ1) is 23.3. The molecule has 0 saturated carbocycles. The summed E-state index contributed by atoms with van der Waals surface area (Å²) in [4.78, 5) is 4.21. The highest BCUT2D eigenvalue weighted by atomic mass is 127. The van der Waals surface area contributed by atoms with Crippen molar-refractivity contribution in [3.05, 3.63) is 35.9 Å². The van der Waals surface area contributed by atoms with Crippen molar-refractivity contribution in [3.63, 3.8) is 0 Å². The average molecular weight is 495 g/mol. The van der Waals surface area contributed by atoms with Crippen LogP contribution in [0.15, 0.2) is 35.3 Å². The van der Waals surface area contributed by atoms with Gasteiger partial charge < -0.3 is 20.5 Å². The Hall–Kier alpha value is -0.710. The van der Waals surface area contributed by atoms with E-state index in [4.69, 9.17) is 4.74 Å². The van der Waals surface area contributed by atoms with Crippen LogP contribution in [-0.2, 0) is 21.3 Å². The Morgan fingerprint density at radius 3 is 2.73 bits per heavy atom. The minimum Gasteiger partial charge on any atom is -0.396 e. The molecule has 6 nitrogen and oxygen atoms in total. The molecule has 1 heterocycles. The maximum absolute atomic E-state index is 12.2. The number of aliphatic imine (C=N–C) groups is 1. The van der Waals surface area contributed by atoms with E-state index in [0.29, 0.717) is 37.2 Å². The van der Waals surface area contributed by atoms with Gasteiger partial charge in [-0.15, -0.1) is 24.0 Å². The van der Waals surface area contributed by atoms with E-state index in [1.807, 2.05) is 30.3 Å². The fraction of sp³-hybridized carbons (Fsp3) is 0.611. The molecule has 0 radical (unpaired) electrons. The van der Waals surface area contributed by atoms with Crippen molar-refractivity contribution in [2.45, 2.75) is 18.6 Å². The number of rotatable bonds is 9. The molecule has 2 atom stereocenters. The summed E-state index contributed by atoms with van der Waals surface area (Å²) >= 11 is 0. The molecule has 0 bridgehead atoms. The monoisotopic (exact) mass is 495 g/mol. The van der Waals surface area contributed by atoms with E-state index in [0.717, 1.165) is 25.0 Å². The molecule has 0 aromatic heterocycles. The molecule has 3 N–H and O–H groups in total. The first-order valence-corrected chi connectivity index (χ1v) is 10.2. The second-order valence-electron chi connectivity index (χ2n) is 6.40. The Balaban J connectivity index is 0.00000338. The Kier molecular flexibility index (Phi) is 11.3. The molecule has 1 aromatic carbocycles. The molecular weight excluding hydrogens is 465 g/mol. The van der Waals surface area contributed by atoms with Crippen LogP contribution in [0.3, 0.4) is 0 Å². The molecule has 2 rings (SSSR count). The van der Waals surface area contributed by atoms with E-state index >= 15 is 0 Å². The smallest absolute Gasteiger partial charge is 0.191 e. The van der Waals surface area contributed by atoms with Crippen molar-refractivity contribution in [2.24, 2.45) is 10.4 Å². The lowest BCUT2D eigenvalue weighted by atomic mass is 9.84. The van der Waals surface area contributed by atoms with Gasteiger partial charge in [0.05, 0.1) is 6.61 Å². The van der Waals surface area contributed by atoms with Crippen molar-refractivity contribution in [1.29, 1.82) is 0 Å². The van der Waals surface area contributed by atoms with Crippen molar-refractivity contribution in [3.8, 4) is 0 Å². The first-order valence-electron chi connectivity index (χ1n) is 8.69. The van der Waals surface area contributed by atoms with Crippen LogP contribution in [0, 0.1) is 5.41 Å². The summed E-state index contributed by atoms with van der Waals surface area (Å²) in [7, 11) is 0.817. The van der Waals surface area contributed by atoms with E-state index in [-0.39, 0.29) is 36.0 Å². The molecule has 1 aliphatic heterocycles. The topological polar surface area (TPSA) is 83.0 Å². The molecule has 0 aliphatic carbocycles. The van der Waals surface area contributed by atoms with Gasteiger partial charge in [-0.2, -0.15) is 0 Å². The van der Waals surface area contributed by atoms with Gasteiger partial charge in [0.1, 0.15) is 0 Å². The van der Waals surface area contributed by atoms with Crippen LogP contribution in [0.25, 0.3) is 0 Å². The van der Waals surface area contributed by atoms with Crippen molar-refractivity contribution >= 4 is 40.7 Å². The minimum atomic E-state index is -0.905. The Labute approximate surface area is 175 Å². The lowest BCUT2D eigenvalue weighted by molar-refractivity contribution is 0.127. The summed E-state index contributed by atoms with van der Waals surface area (Å²) < 4.78 is 17.6. The summed E-state index contributed by atoms with van der Waals surface area (Å²) in [6.07, 6.45) is 1.66. The Morgan fingerprint density at radius 1 is 1.35 bits per heavy atom. The van der Waals surface area contributed by atoms with Crippen LogP contribution >= 0.6 is 24.0 Å². The zero-order valence-electron chi connectivity index (χ0n) is 15.3. The molecule has 26 heavy (non-hydrogen) atoms. The SMILES string of the molecule is CN=C(NCCS(=O)Cc1ccccc1)NCC1(CCO)CCOC1.I. The predicted octanol–water partition coefficient (Wildman–Crippen LogP) is 1.51. The molecule has 1 saturated heterocycles. The lowest BCUT2D eigenvalue weighted by Crippen LogP contribution is -2.45. The zero-order chi connectivity index (χ0) is 18.0. The van der Waals surface area contributed by atoms with Gasteiger partial charge in [-0.1, -0.05) is 30.3 Å².